The van der Waals surface area contributed by atoms with E-state index in [0.29, 0.717) is 19.1 Å². The quantitative estimate of drug-likeness (QED) is 0.741. The Balaban J connectivity index is 1.27. The van der Waals surface area contributed by atoms with Crippen LogP contribution in [0.4, 0.5) is 0 Å². The van der Waals surface area contributed by atoms with Gasteiger partial charge in [-0.05, 0) is 49.8 Å². The van der Waals surface area contributed by atoms with Crippen molar-refractivity contribution in [3.63, 3.8) is 0 Å². The van der Waals surface area contributed by atoms with Gasteiger partial charge in [0.25, 0.3) is 0 Å². The van der Waals surface area contributed by atoms with Crippen molar-refractivity contribution in [2.24, 2.45) is 5.92 Å². The normalized spacial score (nSPS) is 27.3. The fourth-order valence-corrected chi connectivity index (χ4v) is 3.66. The van der Waals surface area contributed by atoms with Gasteiger partial charge >= 0.3 is 0 Å². The van der Waals surface area contributed by atoms with Crippen molar-refractivity contribution in [2.75, 3.05) is 13.1 Å². The van der Waals surface area contributed by atoms with Crippen LogP contribution in [0.15, 0.2) is 24.5 Å². The highest BCUT2D eigenvalue weighted by Gasteiger charge is 2.36. The zero-order valence-electron chi connectivity index (χ0n) is 14.3. The van der Waals surface area contributed by atoms with Gasteiger partial charge in [-0.3, -0.25) is 14.6 Å². The Morgan fingerprint density at radius 1 is 1.08 bits per heavy atom. The monoisotopic (exact) mass is 343 g/mol. The number of amides is 2. The summed E-state index contributed by atoms with van der Waals surface area (Å²) in [5.74, 6) is 0.363. The van der Waals surface area contributed by atoms with E-state index in [4.69, 9.17) is 0 Å². The number of hydrogen-bond donors (Lipinski definition) is 3. The third-order valence-corrected chi connectivity index (χ3v) is 5.41. The second kappa shape index (κ2) is 7.09. The summed E-state index contributed by atoms with van der Waals surface area (Å²) in [6.07, 6.45) is 8.01. The molecule has 0 aromatic carbocycles. The molecule has 2 atom stereocenters. The molecular formula is C18H25N5O2. The number of nitrogens with one attached hydrogen (secondary N) is 3. The first-order valence-electron chi connectivity index (χ1n) is 9.21. The van der Waals surface area contributed by atoms with Crippen LogP contribution in [0.2, 0.25) is 0 Å². The second-order valence-electron chi connectivity index (χ2n) is 7.29. The van der Waals surface area contributed by atoms with Crippen LogP contribution in [0, 0.1) is 5.92 Å². The summed E-state index contributed by atoms with van der Waals surface area (Å²) in [6, 6.07) is 4.26. The van der Waals surface area contributed by atoms with E-state index in [9.17, 15) is 9.59 Å². The Kier molecular flexibility index (Phi) is 4.67. The fourth-order valence-electron chi connectivity index (χ4n) is 3.66. The Morgan fingerprint density at radius 3 is 2.48 bits per heavy atom. The molecule has 7 heteroatoms. The number of piperidine rings is 1. The average molecular weight is 343 g/mol. The van der Waals surface area contributed by atoms with Crippen LogP contribution in [0.25, 0.3) is 0 Å². The molecule has 3 N–H and O–H groups in total. The van der Waals surface area contributed by atoms with Crippen LogP contribution in [0.5, 0.6) is 0 Å². The van der Waals surface area contributed by atoms with Gasteiger partial charge in [0.15, 0.2) is 0 Å². The second-order valence-corrected chi connectivity index (χ2v) is 7.29. The number of likely N-dealkylation sites (tertiary alicyclic amines) is 1. The molecule has 0 radical (unpaired) electrons. The van der Waals surface area contributed by atoms with Crippen LogP contribution in [-0.4, -0.2) is 46.9 Å². The van der Waals surface area contributed by atoms with Crippen molar-refractivity contribution in [3.05, 3.63) is 30.1 Å². The lowest BCUT2D eigenvalue weighted by Crippen LogP contribution is -2.49. The van der Waals surface area contributed by atoms with Crippen molar-refractivity contribution in [2.45, 2.75) is 50.2 Å². The van der Waals surface area contributed by atoms with Crippen molar-refractivity contribution >= 4 is 11.8 Å². The van der Waals surface area contributed by atoms with Crippen LogP contribution >= 0.6 is 0 Å². The molecule has 1 saturated carbocycles. The number of hydrogen-bond acceptors (Lipinski definition) is 5. The van der Waals surface area contributed by atoms with Crippen molar-refractivity contribution in [1.29, 1.82) is 0 Å². The van der Waals surface area contributed by atoms with Crippen molar-refractivity contribution < 1.29 is 9.59 Å². The molecule has 3 heterocycles. The Morgan fingerprint density at radius 2 is 1.80 bits per heavy atom. The van der Waals surface area contributed by atoms with Crippen molar-refractivity contribution in [3.8, 4) is 0 Å². The fraction of sp³-hybridized carbons (Fsp3) is 0.611. The summed E-state index contributed by atoms with van der Waals surface area (Å²) in [4.78, 5) is 30.8. The molecule has 3 aliphatic rings. The predicted octanol–water partition coefficient (Wildman–Crippen LogP) is 0.506. The Labute approximate surface area is 147 Å². The lowest BCUT2D eigenvalue weighted by molar-refractivity contribution is -0.137. The third-order valence-electron chi connectivity index (χ3n) is 5.41. The predicted molar refractivity (Wildman–Crippen MR) is 92.1 cm³/mol. The first-order valence-corrected chi connectivity index (χ1v) is 9.21. The van der Waals surface area contributed by atoms with Crippen molar-refractivity contribution in [1.82, 2.24) is 26.1 Å². The average Bonchev–Trinajstić information content (AvgIpc) is 3.34. The molecule has 2 aliphatic heterocycles. The largest absolute Gasteiger partial charge is 0.353 e. The summed E-state index contributed by atoms with van der Waals surface area (Å²) in [6.45, 7) is 1.33. The van der Waals surface area contributed by atoms with Gasteiger partial charge in [-0.1, -0.05) is 0 Å². The number of carbonyl (C=O) groups excluding carboxylic acids is 2. The van der Waals surface area contributed by atoms with Gasteiger partial charge in [0.2, 0.25) is 11.8 Å². The molecule has 4 rings (SSSR count). The van der Waals surface area contributed by atoms with Gasteiger partial charge in [-0.15, -0.1) is 0 Å². The maximum atomic E-state index is 12.8. The minimum atomic E-state index is -0.213. The molecule has 25 heavy (non-hydrogen) atoms. The molecule has 7 nitrogen and oxygen atoms in total. The zero-order valence-corrected chi connectivity index (χ0v) is 14.3. The van der Waals surface area contributed by atoms with E-state index in [1.54, 1.807) is 12.4 Å². The van der Waals surface area contributed by atoms with E-state index in [1.165, 1.54) is 0 Å². The molecule has 134 valence electrons. The Hall–Kier alpha value is -1.99. The maximum Gasteiger partial charge on any atom is 0.241 e. The number of hydrazine groups is 1. The van der Waals surface area contributed by atoms with Gasteiger partial charge < -0.3 is 10.2 Å². The SMILES string of the molecule is O=C(NC1CC1)C1CCN(C(=O)C2CC(c3ccncc3)NN2)CC1. The number of aromatic nitrogens is 1. The van der Waals surface area contributed by atoms with Crippen LogP contribution < -0.4 is 16.2 Å². The van der Waals surface area contributed by atoms with E-state index in [1.807, 2.05) is 17.0 Å². The first kappa shape index (κ1) is 16.5. The van der Waals surface area contributed by atoms with E-state index in [2.05, 4.69) is 21.2 Å². The smallest absolute Gasteiger partial charge is 0.241 e. The van der Waals surface area contributed by atoms with Gasteiger partial charge in [0.05, 0.1) is 0 Å². The van der Waals surface area contributed by atoms with E-state index < -0.39 is 0 Å². The molecule has 2 unspecified atom stereocenters. The molecular weight excluding hydrogens is 318 g/mol. The first-order chi connectivity index (χ1) is 12.2. The van der Waals surface area contributed by atoms with E-state index in [-0.39, 0.29) is 29.8 Å². The minimum Gasteiger partial charge on any atom is -0.353 e. The molecule has 2 amide bonds. The molecule has 1 aromatic rings. The lowest BCUT2D eigenvalue weighted by atomic mass is 9.95. The highest BCUT2D eigenvalue weighted by molar-refractivity contribution is 5.83. The number of nitrogens with zero attached hydrogens (tertiary/aromatic N) is 2. The zero-order chi connectivity index (χ0) is 17.2. The standard InChI is InChI=1S/C18H25N5O2/c24-17(20-14-1-2-14)13-5-9-23(10-6-13)18(25)16-11-15(21-22-16)12-3-7-19-8-4-12/h3-4,7-8,13-16,21-22H,1-2,5-6,9-11H2,(H,20,24). The number of carbonyl (C=O) groups is 2. The molecule has 1 aliphatic carbocycles. The number of rotatable bonds is 4. The topological polar surface area (TPSA) is 86.4 Å². The lowest BCUT2D eigenvalue weighted by Gasteiger charge is -2.32. The van der Waals surface area contributed by atoms with Crippen LogP contribution in [-0.2, 0) is 9.59 Å². The maximum absolute atomic E-state index is 12.8. The van der Waals surface area contributed by atoms with Gasteiger partial charge in [0.1, 0.15) is 6.04 Å². The minimum absolute atomic E-state index is 0.0591. The van der Waals surface area contributed by atoms with Crippen LogP contribution in [0.1, 0.15) is 43.7 Å². The summed E-state index contributed by atoms with van der Waals surface area (Å²) in [5.41, 5.74) is 7.47. The van der Waals surface area contributed by atoms with Gasteiger partial charge in [-0.25, -0.2) is 10.9 Å². The highest BCUT2D eigenvalue weighted by atomic mass is 16.2. The van der Waals surface area contributed by atoms with Gasteiger partial charge in [0, 0.05) is 43.5 Å². The Bertz CT molecular complexity index is 626. The molecule has 1 aromatic heterocycles. The van der Waals surface area contributed by atoms with E-state index >= 15 is 0 Å². The number of pyridine rings is 1. The molecule has 2 saturated heterocycles. The molecule has 3 fully saturated rings. The summed E-state index contributed by atoms with van der Waals surface area (Å²) in [7, 11) is 0. The third kappa shape index (κ3) is 3.82. The van der Waals surface area contributed by atoms with E-state index in [0.717, 1.165) is 37.7 Å². The summed E-state index contributed by atoms with van der Waals surface area (Å²) < 4.78 is 0. The summed E-state index contributed by atoms with van der Waals surface area (Å²) >= 11 is 0. The van der Waals surface area contributed by atoms with Gasteiger partial charge in [-0.2, -0.15) is 0 Å². The molecule has 0 bridgehead atoms. The van der Waals surface area contributed by atoms with Crippen LogP contribution in [0.3, 0.4) is 0 Å². The highest BCUT2D eigenvalue weighted by Crippen LogP contribution is 2.25. The molecule has 0 spiro atoms. The summed E-state index contributed by atoms with van der Waals surface area (Å²) in [5, 5.41) is 3.08.